The predicted octanol–water partition coefficient (Wildman–Crippen LogP) is 2.77. The molecule has 1 heterocycles. The molecule has 41 heavy (non-hydrogen) atoms. The van der Waals surface area contributed by atoms with Crippen molar-refractivity contribution in [3.8, 4) is 11.5 Å². The highest BCUT2D eigenvalue weighted by atomic mass is 16.7. The highest BCUT2D eigenvalue weighted by Crippen LogP contribution is 2.29. The summed E-state index contributed by atoms with van der Waals surface area (Å²) in [6.45, 7) is 0.469. The van der Waals surface area contributed by atoms with Gasteiger partial charge in [-0.3, -0.25) is 9.59 Å². The predicted molar refractivity (Wildman–Crippen MR) is 144 cm³/mol. The SMILES string of the molecule is CCOC(=O)[C@H](COC(=O)CCc1ccccc1)NC(=O)c1nccc(OC)c1OCOC(=O)COC1CCCC1. The summed E-state index contributed by atoms with van der Waals surface area (Å²) < 4.78 is 31.7. The first-order valence-electron chi connectivity index (χ1n) is 13.5. The third-order valence-electron chi connectivity index (χ3n) is 6.21. The van der Waals surface area contributed by atoms with Crippen LogP contribution in [0.3, 0.4) is 0 Å². The Morgan fingerprint density at radius 2 is 1.76 bits per heavy atom. The van der Waals surface area contributed by atoms with E-state index >= 15 is 0 Å². The second-order valence-corrected chi connectivity index (χ2v) is 9.13. The average molecular weight is 573 g/mol. The lowest BCUT2D eigenvalue weighted by molar-refractivity contribution is -0.157. The van der Waals surface area contributed by atoms with E-state index in [1.165, 1.54) is 19.4 Å². The Hall–Kier alpha value is -4.19. The Bertz CT molecular complexity index is 1150. The fourth-order valence-corrected chi connectivity index (χ4v) is 4.11. The summed E-state index contributed by atoms with van der Waals surface area (Å²) in [7, 11) is 1.36. The van der Waals surface area contributed by atoms with Gasteiger partial charge in [0.05, 0.1) is 19.8 Å². The van der Waals surface area contributed by atoms with Crippen LogP contribution in [0.4, 0.5) is 0 Å². The first-order valence-corrected chi connectivity index (χ1v) is 13.5. The molecule has 1 aromatic heterocycles. The fraction of sp³-hybridized carbons (Fsp3) is 0.483. The number of pyridine rings is 1. The van der Waals surface area contributed by atoms with E-state index < -0.39 is 43.3 Å². The van der Waals surface area contributed by atoms with Crippen molar-refractivity contribution in [2.75, 3.05) is 33.7 Å². The molecule has 0 aliphatic heterocycles. The van der Waals surface area contributed by atoms with E-state index in [1.807, 2.05) is 30.3 Å². The van der Waals surface area contributed by atoms with Crippen molar-refractivity contribution in [2.24, 2.45) is 0 Å². The van der Waals surface area contributed by atoms with Crippen LogP contribution in [-0.2, 0) is 39.8 Å². The highest BCUT2D eigenvalue weighted by Gasteiger charge is 2.28. The molecule has 1 aromatic carbocycles. The molecular weight excluding hydrogens is 536 g/mol. The van der Waals surface area contributed by atoms with E-state index in [0.717, 1.165) is 31.2 Å². The van der Waals surface area contributed by atoms with E-state index in [0.29, 0.717) is 6.42 Å². The van der Waals surface area contributed by atoms with Gasteiger partial charge in [-0.2, -0.15) is 0 Å². The first-order chi connectivity index (χ1) is 19.9. The van der Waals surface area contributed by atoms with Crippen LogP contribution in [0.25, 0.3) is 0 Å². The number of methoxy groups -OCH3 is 1. The normalized spacial score (nSPS) is 13.6. The second-order valence-electron chi connectivity index (χ2n) is 9.13. The van der Waals surface area contributed by atoms with Gasteiger partial charge in [0.15, 0.2) is 23.2 Å². The minimum Gasteiger partial charge on any atom is -0.493 e. The summed E-state index contributed by atoms with van der Waals surface area (Å²) in [5, 5.41) is 2.47. The largest absolute Gasteiger partial charge is 0.493 e. The number of rotatable bonds is 16. The zero-order chi connectivity index (χ0) is 29.5. The lowest BCUT2D eigenvalue weighted by atomic mass is 10.1. The molecule has 2 aromatic rings. The Labute approximate surface area is 238 Å². The number of aryl methyl sites for hydroxylation is 1. The van der Waals surface area contributed by atoms with Crippen LogP contribution < -0.4 is 14.8 Å². The monoisotopic (exact) mass is 572 g/mol. The minimum absolute atomic E-state index is 0.0488. The van der Waals surface area contributed by atoms with Gasteiger partial charge < -0.3 is 33.7 Å². The molecule has 0 bridgehead atoms. The zero-order valence-corrected chi connectivity index (χ0v) is 23.3. The molecule has 1 N–H and O–H groups in total. The maximum absolute atomic E-state index is 13.2. The van der Waals surface area contributed by atoms with Crippen LogP contribution in [0.2, 0.25) is 0 Å². The van der Waals surface area contributed by atoms with Gasteiger partial charge in [0.25, 0.3) is 5.91 Å². The number of esters is 3. The highest BCUT2D eigenvalue weighted by molar-refractivity contribution is 5.98. The molecule has 0 saturated heterocycles. The van der Waals surface area contributed by atoms with Crippen LogP contribution in [0.15, 0.2) is 42.6 Å². The van der Waals surface area contributed by atoms with Crippen molar-refractivity contribution in [3.63, 3.8) is 0 Å². The van der Waals surface area contributed by atoms with Gasteiger partial charge in [-0.1, -0.05) is 43.2 Å². The quantitative estimate of drug-likeness (QED) is 0.180. The molecule has 1 aliphatic rings. The van der Waals surface area contributed by atoms with Gasteiger partial charge in [-0.05, 0) is 31.7 Å². The van der Waals surface area contributed by atoms with Gasteiger partial charge in [-0.15, -0.1) is 0 Å². The van der Waals surface area contributed by atoms with Crippen molar-refractivity contribution in [1.29, 1.82) is 0 Å². The number of nitrogens with zero attached hydrogens (tertiary/aromatic N) is 1. The maximum atomic E-state index is 13.2. The molecule has 1 fully saturated rings. The van der Waals surface area contributed by atoms with Crippen molar-refractivity contribution in [1.82, 2.24) is 10.3 Å². The molecule has 12 heteroatoms. The summed E-state index contributed by atoms with van der Waals surface area (Å²) in [4.78, 5) is 54.1. The summed E-state index contributed by atoms with van der Waals surface area (Å²) in [6.07, 6.45) is 5.88. The van der Waals surface area contributed by atoms with Crippen molar-refractivity contribution < 1.29 is 47.6 Å². The zero-order valence-electron chi connectivity index (χ0n) is 23.3. The molecule has 0 unspecified atom stereocenters. The van der Waals surface area contributed by atoms with Crippen LogP contribution in [0, 0.1) is 0 Å². The van der Waals surface area contributed by atoms with Crippen LogP contribution >= 0.6 is 0 Å². The Morgan fingerprint density at radius 1 is 1.00 bits per heavy atom. The van der Waals surface area contributed by atoms with Crippen molar-refractivity contribution >= 4 is 23.8 Å². The van der Waals surface area contributed by atoms with Gasteiger partial charge in [0.2, 0.25) is 6.79 Å². The average Bonchev–Trinajstić information content (AvgIpc) is 3.51. The van der Waals surface area contributed by atoms with Crippen LogP contribution in [0.5, 0.6) is 11.5 Å². The lowest BCUT2D eigenvalue weighted by Crippen LogP contribution is -2.45. The summed E-state index contributed by atoms with van der Waals surface area (Å²) >= 11 is 0. The summed E-state index contributed by atoms with van der Waals surface area (Å²) in [5.74, 6) is -2.75. The van der Waals surface area contributed by atoms with Gasteiger partial charge in [0, 0.05) is 18.7 Å². The molecule has 1 saturated carbocycles. The number of nitrogens with one attached hydrogen (secondary N) is 1. The lowest BCUT2D eigenvalue weighted by Gasteiger charge is -2.19. The fourth-order valence-electron chi connectivity index (χ4n) is 4.11. The molecule has 0 spiro atoms. The van der Waals surface area contributed by atoms with Crippen LogP contribution in [-0.4, -0.2) is 74.7 Å². The third-order valence-corrected chi connectivity index (χ3v) is 6.21. The van der Waals surface area contributed by atoms with Gasteiger partial charge in [0.1, 0.15) is 13.2 Å². The molecule has 1 amide bonds. The standard InChI is InChI=1S/C29H36N2O10/c1-3-37-29(35)22(17-39-24(32)14-13-20-9-5-4-6-10-20)31-28(34)26-27(23(36-2)15-16-30-26)41-19-40-25(33)18-38-21-11-7-8-12-21/h4-6,9-10,15-16,21-22H,3,7-8,11-14,17-19H2,1-2H3,(H,31,34)/t22-/m0/s1. The minimum atomic E-state index is -1.31. The number of carbonyl (C=O) groups is 4. The van der Waals surface area contributed by atoms with Gasteiger partial charge >= 0.3 is 17.9 Å². The number of benzene rings is 1. The third kappa shape index (κ3) is 10.4. The maximum Gasteiger partial charge on any atom is 0.334 e. The molecule has 3 rings (SSSR count). The van der Waals surface area contributed by atoms with Crippen molar-refractivity contribution in [3.05, 3.63) is 53.9 Å². The van der Waals surface area contributed by atoms with E-state index in [4.69, 9.17) is 28.4 Å². The van der Waals surface area contributed by atoms with E-state index in [9.17, 15) is 19.2 Å². The molecule has 222 valence electrons. The number of aromatic nitrogens is 1. The van der Waals surface area contributed by atoms with Gasteiger partial charge in [-0.25, -0.2) is 14.6 Å². The molecule has 1 aliphatic carbocycles. The number of carbonyl (C=O) groups excluding carboxylic acids is 4. The Balaban J connectivity index is 1.59. The van der Waals surface area contributed by atoms with Crippen LogP contribution in [0.1, 0.15) is 55.1 Å². The molecular formula is C29H36N2O10. The molecule has 1 atom stereocenters. The molecule has 0 radical (unpaired) electrons. The number of ether oxygens (including phenoxy) is 6. The number of hydrogen-bond donors (Lipinski definition) is 1. The topological polar surface area (TPSA) is 149 Å². The Kier molecular flexibility index (Phi) is 12.8. The van der Waals surface area contributed by atoms with E-state index in [-0.39, 0.29) is 42.9 Å². The van der Waals surface area contributed by atoms with Crippen molar-refractivity contribution in [2.45, 2.75) is 57.6 Å². The van der Waals surface area contributed by atoms with E-state index in [2.05, 4.69) is 10.3 Å². The smallest absolute Gasteiger partial charge is 0.334 e. The number of amides is 1. The second kappa shape index (κ2) is 16.8. The summed E-state index contributed by atoms with van der Waals surface area (Å²) in [6, 6.07) is 9.53. The molecule has 12 nitrogen and oxygen atoms in total. The summed E-state index contributed by atoms with van der Waals surface area (Å²) in [5.41, 5.74) is 0.718. The first kappa shape index (κ1) is 31.3. The number of hydrogen-bond acceptors (Lipinski definition) is 11. The van der Waals surface area contributed by atoms with E-state index in [1.54, 1.807) is 6.92 Å². The Morgan fingerprint density at radius 3 is 2.46 bits per heavy atom.